The molecule has 3 aromatic rings. The third-order valence-corrected chi connectivity index (χ3v) is 4.22. The van der Waals surface area contributed by atoms with Crippen molar-refractivity contribution in [2.45, 2.75) is 13.3 Å². The molecule has 0 aliphatic carbocycles. The Kier molecular flexibility index (Phi) is 6.07. The minimum atomic E-state index is -0.112. The molecule has 1 aromatic heterocycles. The van der Waals surface area contributed by atoms with Gasteiger partial charge in [-0.15, -0.1) is 0 Å². The quantitative estimate of drug-likeness (QED) is 0.589. The molecular weight excluding hydrogens is 396 g/mol. The van der Waals surface area contributed by atoms with Crippen molar-refractivity contribution in [2.24, 2.45) is 0 Å². The zero-order valence-corrected chi connectivity index (χ0v) is 16.0. The van der Waals surface area contributed by atoms with Gasteiger partial charge >= 0.3 is 0 Å². The number of carbonyl (C=O) groups is 1. The van der Waals surface area contributed by atoms with Crippen LogP contribution in [0.25, 0.3) is 11.5 Å². The van der Waals surface area contributed by atoms with Crippen molar-refractivity contribution in [1.29, 1.82) is 0 Å². The van der Waals surface area contributed by atoms with Crippen LogP contribution in [-0.2, 0) is 11.2 Å². The van der Waals surface area contributed by atoms with E-state index in [2.05, 4.69) is 26.2 Å². The molecule has 6 heteroatoms. The molecule has 0 atom stereocenters. The molecule has 0 aliphatic rings. The molecule has 2 aromatic carbocycles. The molecule has 0 aliphatic heterocycles. The summed E-state index contributed by atoms with van der Waals surface area (Å²) in [6.07, 6.45) is 0.180. The summed E-state index contributed by atoms with van der Waals surface area (Å²) in [4.78, 5) is 16.6. The Hall–Kier alpha value is -2.60. The summed E-state index contributed by atoms with van der Waals surface area (Å²) < 4.78 is 12.2. The van der Waals surface area contributed by atoms with Gasteiger partial charge in [-0.25, -0.2) is 4.98 Å². The Balaban J connectivity index is 1.48. The topological polar surface area (TPSA) is 64.4 Å². The summed E-state index contributed by atoms with van der Waals surface area (Å²) in [6.45, 7) is 2.64. The maximum absolute atomic E-state index is 12.1. The molecule has 1 amide bonds. The van der Waals surface area contributed by atoms with Crippen molar-refractivity contribution in [1.82, 2.24) is 10.3 Å². The second kappa shape index (κ2) is 8.67. The van der Waals surface area contributed by atoms with Crippen LogP contribution in [0.5, 0.6) is 5.75 Å². The Labute approximate surface area is 160 Å². The third kappa shape index (κ3) is 4.95. The first-order valence-corrected chi connectivity index (χ1v) is 9.08. The summed E-state index contributed by atoms with van der Waals surface area (Å²) in [5, 5.41) is 2.83. The first-order valence-electron chi connectivity index (χ1n) is 8.28. The Morgan fingerprint density at radius 3 is 2.77 bits per heavy atom. The lowest BCUT2D eigenvalue weighted by Crippen LogP contribution is -2.29. The van der Waals surface area contributed by atoms with E-state index in [1.807, 2.05) is 61.5 Å². The number of nitrogens with one attached hydrogen (secondary N) is 1. The number of ether oxygens (including phenoxy) is 1. The van der Waals surface area contributed by atoms with Gasteiger partial charge < -0.3 is 14.5 Å². The van der Waals surface area contributed by atoms with Crippen molar-refractivity contribution in [3.63, 3.8) is 0 Å². The van der Waals surface area contributed by atoms with Crippen molar-refractivity contribution >= 4 is 21.8 Å². The van der Waals surface area contributed by atoms with E-state index in [1.54, 1.807) is 0 Å². The minimum absolute atomic E-state index is 0.112. The van der Waals surface area contributed by atoms with Gasteiger partial charge in [-0.2, -0.15) is 0 Å². The highest BCUT2D eigenvalue weighted by Crippen LogP contribution is 2.21. The average Bonchev–Trinajstić information content (AvgIpc) is 3.00. The monoisotopic (exact) mass is 414 g/mol. The molecule has 0 saturated heterocycles. The molecule has 1 heterocycles. The molecule has 0 saturated carbocycles. The summed E-state index contributed by atoms with van der Waals surface area (Å²) in [7, 11) is 0. The first kappa shape index (κ1) is 18.2. The SMILES string of the molecule is Cc1oc(-c2ccccc2)nc1CC(=O)NCCOc1cccc(Br)c1. The molecule has 0 spiro atoms. The fraction of sp³-hybridized carbons (Fsp3) is 0.200. The van der Waals surface area contributed by atoms with Crippen molar-refractivity contribution in [3.8, 4) is 17.2 Å². The number of carbonyl (C=O) groups excluding carboxylic acids is 1. The standard InChI is InChI=1S/C20H19BrN2O3/c1-14-18(23-20(26-14)15-6-3-2-4-7-15)13-19(24)22-10-11-25-17-9-5-8-16(21)12-17/h2-9,12H,10-11,13H2,1H3,(H,22,24). The highest BCUT2D eigenvalue weighted by atomic mass is 79.9. The summed E-state index contributed by atoms with van der Waals surface area (Å²) in [5.74, 6) is 1.83. The van der Waals surface area contributed by atoms with Crippen molar-refractivity contribution in [2.75, 3.05) is 13.2 Å². The van der Waals surface area contributed by atoms with Crippen LogP contribution in [0.1, 0.15) is 11.5 Å². The smallest absolute Gasteiger partial charge is 0.226 e. The molecule has 26 heavy (non-hydrogen) atoms. The van der Waals surface area contributed by atoms with Crippen LogP contribution in [0.3, 0.4) is 0 Å². The van der Waals surface area contributed by atoms with Gasteiger partial charge in [-0.05, 0) is 37.3 Å². The van der Waals surface area contributed by atoms with Gasteiger partial charge in [0.05, 0.1) is 18.7 Å². The molecule has 1 N–H and O–H groups in total. The fourth-order valence-corrected chi connectivity index (χ4v) is 2.81. The lowest BCUT2D eigenvalue weighted by atomic mass is 10.2. The molecule has 0 fully saturated rings. The minimum Gasteiger partial charge on any atom is -0.492 e. The number of halogens is 1. The van der Waals surface area contributed by atoms with Crippen LogP contribution in [0, 0.1) is 6.92 Å². The Morgan fingerprint density at radius 2 is 2.00 bits per heavy atom. The highest BCUT2D eigenvalue weighted by molar-refractivity contribution is 9.10. The number of nitrogens with zero attached hydrogens (tertiary/aromatic N) is 1. The summed E-state index contributed by atoms with van der Waals surface area (Å²) in [6, 6.07) is 17.2. The van der Waals surface area contributed by atoms with E-state index >= 15 is 0 Å². The van der Waals surface area contributed by atoms with Crippen molar-refractivity contribution in [3.05, 3.63) is 70.5 Å². The van der Waals surface area contributed by atoms with Crippen molar-refractivity contribution < 1.29 is 13.9 Å². The van der Waals surface area contributed by atoms with Gasteiger partial charge in [-0.3, -0.25) is 4.79 Å². The number of aromatic nitrogens is 1. The van der Waals surface area contributed by atoms with E-state index < -0.39 is 0 Å². The van der Waals surface area contributed by atoms with E-state index in [9.17, 15) is 4.79 Å². The number of benzene rings is 2. The number of hydrogen-bond donors (Lipinski definition) is 1. The normalized spacial score (nSPS) is 10.5. The molecule has 0 unspecified atom stereocenters. The summed E-state index contributed by atoms with van der Waals surface area (Å²) >= 11 is 3.39. The zero-order chi connectivity index (χ0) is 18.4. The van der Waals surface area contributed by atoms with E-state index in [0.717, 1.165) is 15.8 Å². The van der Waals surface area contributed by atoms with E-state index in [1.165, 1.54) is 0 Å². The zero-order valence-electron chi connectivity index (χ0n) is 14.4. The number of amides is 1. The Bertz CT molecular complexity index is 878. The molecule has 134 valence electrons. The number of rotatable bonds is 7. The number of aryl methyl sites for hydroxylation is 1. The molecule has 0 bridgehead atoms. The molecule has 3 rings (SSSR count). The second-order valence-electron chi connectivity index (χ2n) is 5.72. The largest absolute Gasteiger partial charge is 0.492 e. The third-order valence-electron chi connectivity index (χ3n) is 3.73. The van der Waals surface area contributed by atoms with Gasteiger partial charge in [0.2, 0.25) is 11.8 Å². The fourth-order valence-electron chi connectivity index (χ4n) is 2.43. The van der Waals surface area contributed by atoms with E-state index in [0.29, 0.717) is 30.5 Å². The molecule has 0 radical (unpaired) electrons. The highest BCUT2D eigenvalue weighted by Gasteiger charge is 2.14. The van der Waals surface area contributed by atoms with Gasteiger partial charge in [0.25, 0.3) is 0 Å². The van der Waals surface area contributed by atoms with Crippen LogP contribution in [0.4, 0.5) is 0 Å². The number of oxazole rings is 1. The molecule has 5 nitrogen and oxygen atoms in total. The lowest BCUT2D eigenvalue weighted by Gasteiger charge is -2.07. The van der Waals surface area contributed by atoms with Gasteiger partial charge in [-0.1, -0.05) is 40.2 Å². The maximum Gasteiger partial charge on any atom is 0.226 e. The van der Waals surface area contributed by atoms with Gasteiger partial charge in [0, 0.05) is 10.0 Å². The van der Waals surface area contributed by atoms with E-state index in [4.69, 9.17) is 9.15 Å². The number of hydrogen-bond acceptors (Lipinski definition) is 4. The molecular formula is C20H19BrN2O3. The van der Waals surface area contributed by atoms with Gasteiger partial charge in [0.15, 0.2) is 0 Å². The lowest BCUT2D eigenvalue weighted by molar-refractivity contribution is -0.120. The van der Waals surface area contributed by atoms with Crippen LogP contribution in [0.15, 0.2) is 63.5 Å². The predicted octanol–water partition coefficient (Wildman–Crippen LogP) is 4.15. The van der Waals surface area contributed by atoms with E-state index in [-0.39, 0.29) is 12.3 Å². The van der Waals surface area contributed by atoms with Crippen LogP contribution >= 0.6 is 15.9 Å². The first-order chi connectivity index (χ1) is 12.6. The van der Waals surface area contributed by atoms with Gasteiger partial charge in [0.1, 0.15) is 18.1 Å². The van der Waals surface area contributed by atoms with Crippen LogP contribution in [0.2, 0.25) is 0 Å². The summed E-state index contributed by atoms with van der Waals surface area (Å²) in [5.41, 5.74) is 1.54. The Morgan fingerprint density at radius 1 is 1.19 bits per heavy atom. The van der Waals surface area contributed by atoms with Crippen LogP contribution in [-0.4, -0.2) is 24.0 Å². The second-order valence-corrected chi connectivity index (χ2v) is 6.64. The average molecular weight is 415 g/mol. The maximum atomic E-state index is 12.1. The predicted molar refractivity (Wildman–Crippen MR) is 103 cm³/mol. The van der Waals surface area contributed by atoms with Crippen LogP contribution < -0.4 is 10.1 Å².